The maximum Gasteiger partial charge on any atom is 0.277 e. The van der Waals surface area contributed by atoms with Gasteiger partial charge in [-0.15, -0.1) is 11.3 Å². The van der Waals surface area contributed by atoms with Gasteiger partial charge in [-0.1, -0.05) is 49.9 Å². The van der Waals surface area contributed by atoms with Gasteiger partial charge in [0, 0.05) is 11.7 Å². The van der Waals surface area contributed by atoms with Crippen LogP contribution < -0.4 is 10.2 Å². The Morgan fingerprint density at radius 1 is 1.12 bits per heavy atom. The van der Waals surface area contributed by atoms with Crippen LogP contribution in [-0.2, 0) is 11.3 Å². The Balaban J connectivity index is 1.56. The van der Waals surface area contributed by atoms with Crippen molar-refractivity contribution in [1.29, 1.82) is 0 Å². The molecule has 0 radical (unpaired) electrons. The van der Waals surface area contributed by atoms with Gasteiger partial charge in [-0.2, -0.15) is 5.10 Å². The minimum absolute atomic E-state index is 0.107. The topological polar surface area (TPSA) is 67.2 Å². The SMILES string of the molecule is Cc1ccccc1N1C(=O)c2cc(-c3cccs3)nn2CC1(C)C(=O)NC1CCCCCC1. The van der Waals surface area contributed by atoms with Crippen LogP contribution in [0.1, 0.15) is 61.5 Å². The fourth-order valence-corrected chi connectivity index (χ4v) is 5.76. The second-order valence-corrected chi connectivity index (χ2v) is 10.4. The van der Waals surface area contributed by atoms with Crippen molar-refractivity contribution in [2.75, 3.05) is 4.90 Å². The summed E-state index contributed by atoms with van der Waals surface area (Å²) in [5.41, 5.74) is 1.94. The maximum atomic E-state index is 13.9. The summed E-state index contributed by atoms with van der Waals surface area (Å²) in [4.78, 5) is 30.5. The molecule has 3 aromatic rings. The molecular formula is C26H30N4O2S. The van der Waals surface area contributed by atoms with Crippen LogP contribution in [0, 0.1) is 6.92 Å². The zero-order chi connectivity index (χ0) is 23.0. The highest BCUT2D eigenvalue weighted by Crippen LogP contribution is 2.36. The Hall–Kier alpha value is -2.93. The summed E-state index contributed by atoms with van der Waals surface area (Å²) in [5, 5.41) is 10.0. The number of benzene rings is 1. The third kappa shape index (κ3) is 3.99. The second-order valence-electron chi connectivity index (χ2n) is 9.41. The van der Waals surface area contributed by atoms with Crippen molar-refractivity contribution < 1.29 is 9.59 Å². The number of hydrogen-bond acceptors (Lipinski definition) is 4. The first kappa shape index (κ1) is 21.9. The molecule has 1 unspecified atom stereocenters. The molecule has 1 atom stereocenters. The molecule has 3 heterocycles. The van der Waals surface area contributed by atoms with Crippen molar-refractivity contribution in [3.8, 4) is 10.6 Å². The van der Waals surface area contributed by atoms with Crippen LogP contribution in [0.25, 0.3) is 10.6 Å². The van der Waals surface area contributed by atoms with Gasteiger partial charge in [-0.25, -0.2) is 0 Å². The number of fused-ring (bicyclic) bond motifs is 1. The third-order valence-electron chi connectivity index (χ3n) is 6.96. The van der Waals surface area contributed by atoms with Crippen molar-refractivity contribution in [2.45, 2.75) is 70.5 Å². The van der Waals surface area contributed by atoms with Gasteiger partial charge >= 0.3 is 0 Å². The molecule has 1 aromatic carbocycles. The monoisotopic (exact) mass is 462 g/mol. The molecule has 0 bridgehead atoms. The van der Waals surface area contributed by atoms with E-state index in [-0.39, 0.29) is 17.9 Å². The molecule has 1 N–H and O–H groups in total. The molecule has 5 rings (SSSR count). The van der Waals surface area contributed by atoms with E-state index in [9.17, 15) is 9.59 Å². The van der Waals surface area contributed by atoms with E-state index in [1.54, 1.807) is 20.9 Å². The Kier molecular flexibility index (Phi) is 5.83. The molecule has 6 nitrogen and oxygen atoms in total. The Morgan fingerprint density at radius 2 is 1.88 bits per heavy atom. The molecule has 33 heavy (non-hydrogen) atoms. The summed E-state index contributed by atoms with van der Waals surface area (Å²) in [6.45, 7) is 4.17. The van der Waals surface area contributed by atoms with Crippen molar-refractivity contribution in [1.82, 2.24) is 15.1 Å². The van der Waals surface area contributed by atoms with Gasteiger partial charge in [0.1, 0.15) is 16.9 Å². The lowest BCUT2D eigenvalue weighted by Gasteiger charge is -2.44. The summed E-state index contributed by atoms with van der Waals surface area (Å²) in [5.74, 6) is -0.297. The van der Waals surface area contributed by atoms with Crippen LogP contribution in [0.5, 0.6) is 0 Å². The highest BCUT2D eigenvalue weighted by molar-refractivity contribution is 7.13. The normalized spacial score (nSPS) is 21.5. The fraction of sp³-hybridized carbons (Fsp3) is 0.423. The second kappa shape index (κ2) is 8.78. The first-order valence-electron chi connectivity index (χ1n) is 11.8. The molecule has 1 aliphatic carbocycles. The van der Waals surface area contributed by atoms with Crippen LogP contribution in [0.4, 0.5) is 5.69 Å². The van der Waals surface area contributed by atoms with Crippen LogP contribution in [0.2, 0.25) is 0 Å². The van der Waals surface area contributed by atoms with Crippen LogP contribution >= 0.6 is 11.3 Å². The fourth-order valence-electron chi connectivity index (χ4n) is 5.08. The van der Waals surface area contributed by atoms with E-state index in [1.165, 1.54) is 12.8 Å². The van der Waals surface area contributed by atoms with Gasteiger partial charge in [0.25, 0.3) is 5.91 Å². The highest BCUT2D eigenvalue weighted by atomic mass is 32.1. The molecule has 172 valence electrons. The molecule has 1 saturated carbocycles. The Morgan fingerprint density at radius 3 is 2.58 bits per heavy atom. The lowest BCUT2D eigenvalue weighted by Crippen LogP contribution is -2.65. The smallest absolute Gasteiger partial charge is 0.277 e. The molecular weight excluding hydrogens is 432 g/mol. The predicted octanol–water partition coefficient (Wildman–Crippen LogP) is 5.18. The number of nitrogens with one attached hydrogen (secondary N) is 1. The average molecular weight is 463 g/mol. The van der Waals surface area contributed by atoms with E-state index >= 15 is 0 Å². The van der Waals surface area contributed by atoms with E-state index in [4.69, 9.17) is 5.10 Å². The number of amides is 2. The lowest BCUT2D eigenvalue weighted by molar-refractivity contribution is -0.127. The number of para-hydroxylation sites is 1. The van der Waals surface area contributed by atoms with E-state index in [0.29, 0.717) is 12.2 Å². The molecule has 2 aromatic heterocycles. The minimum Gasteiger partial charge on any atom is -0.351 e. The average Bonchev–Trinajstić information content (AvgIpc) is 3.40. The number of aromatic nitrogens is 2. The number of carbonyl (C=O) groups excluding carboxylic acids is 2. The number of aryl methyl sites for hydroxylation is 1. The summed E-state index contributed by atoms with van der Waals surface area (Å²) < 4.78 is 1.72. The standard InChI is InChI=1S/C26H30N4O2S/c1-18-10-7-8-13-21(18)30-24(31)22-16-20(23-14-9-15-33-23)28-29(22)17-26(30,2)25(32)27-19-11-5-3-4-6-12-19/h7-10,13-16,19H,3-6,11-12,17H2,1-2H3,(H,27,32). The van der Waals surface area contributed by atoms with Crippen LogP contribution in [0.3, 0.4) is 0 Å². The van der Waals surface area contributed by atoms with Gasteiger partial charge < -0.3 is 5.32 Å². The van der Waals surface area contributed by atoms with Gasteiger partial charge in [-0.05, 0) is 55.8 Å². The summed E-state index contributed by atoms with van der Waals surface area (Å²) in [7, 11) is 0. The Bertz CT molecular complexity index is 1160. The molecule has 2 amide bonds. The minimum atomic E-state index is -1.08. The van der Waals surface area contributed by atoms with E-state index in [1.807, 2.05) is 61.7 Å². The van der Waals surface area contributed by atoms with Crippen molar-refractivity contribution in [2.24, 2.45) is 0 Å². The predicted molar refractivity (Wildman–Crippen MR) is 132 cm³/mol. The van der Waals surface area contributed by atoms with Gasteiger partial charge in [0.15, 0.2) is 0 Å². The van der Waals surface area contributed by atoms with Gasteiger partial charge in [0.2, 0.25) is 5.91 Å². The molecule has 0 spiro atoms. The van der Waals surface area contributed by atoms with Crippen molar-refractivity contribution >= 4 is 28.8 Å². The maximum absolute atomic E-state index is 13.9. The zero-order valence-corrected chi connectivity index (χ0v) is 20.0. The number of anilines is 1. The van der Waals surface area contributed by atoms with E-state index in [0.717, 1.165) is 47.5 Å². The highest BCUT2D eigenvalue weighted by Gasteiger charge is 2.49. The zero-order valence-electron chi connectivity index (χ0n) is 19.2. The third-order valence-corrected chi connectivity index (χ3v) is 7.86. The lowest BCUT2D eigenvalue weighted by atomic mass is 9.92. The molecule has 1 fully saturated rings. The van der Waals surface area contributed by atoms with Crippen LogP contribution in [-0.4, -0.2) is 33.2 Å². The van der Waals surface area contributed by atoms with E-state index in [2.05, 4.69) is 5.32 Å². The quantitative estimate of drug-likeness (QED) is 0.544. The van der Waals surface area contributed by atoms with Crippen molar-refractivity contribution in [3.63, 3.8) is 0 Å². The number of hydrogen-bond donors (Lipinski definition) is 1. The summed E-state index contributed by atoms with van der Waals surface area (Å²) in [6, 6.07) is 13.8. The molecule has 7 heteroatoms. The molecule has 2 aliphatic rings. The molecule has 1 aliphatic heterocycles. The molecule has 0 saturated heterocycles. The number of nitrogens with zero attached hydrogens (tertiary/aromatic N) is 3. The van der Waals surface area contributed by atoms with E-state index < -0.39 is 5.54 Å². The number of thiophene rings is 1. The largest absolute Gasteiger partial charge is 0.351 e. The number of carbonyl (C=O) groups is 2. The van der Waals surface area contributed by atoms with Crippen molar-refractivity contribution in [3.05, 3.63) is 59.1 Å². The first-order valence-corrected chi connectivity index (χ1v) is 12.7. The Labute approximate surface area is 198 Å². The van der Waals surface area contributed by atoms with Gasteiger partial charge in [-0.3, -0.25) is 19.2 Å². The van der Waals surface area contributed by atoms with Gasteiger partial charge in [0.05, 0.1) is 11.4 Å². The summed E-state index contributed by atoms with van der Waals surface area (Å²) >= 11 is 1.59. The van der Waals surface area contributed by atoms with Crippen LogP contribution in [0.15, 0.2) is 47.8 Å². The summed E-state index contributed by atoms with van der Waals surface area (Å²) in [6.07, 6.45) is 6.70. The first-order chi connectivity index (χ1) is 16.0. The number of rotatable bonds is 4.